The van der Waals surface area contributed by atoms with Gasteiger partial charge in [0.05, 0.1) is 39.9 Å². The number of unbranched alkanes of at least 4 members (excludes halogenated alkanes) is 38. The van der Waals surface area contributed by atoms with Gasteiger partial charge in [0.1, 0.15) is 13.2 Å². The summed E-state index contributed by atoms with van der Waals surface area (Å²) in [5, 5.41) is 13.9. The highest BCUT2D eigenvalue weighted by Gasteiger charge is 2.27. The fraction of sp³-hybridized carbons (Fsp3) is 0.912. The number of nitrogens with one attached hydrogen (secondary N) is 1. The summed E-state index contributed by atoms with van der Waals surface area (Å²) in [6.45, 7) is 4.86. The van der Waals surface area contributed by atoms with Crippen LogP contribution in [0.2, 0.25) is 0 Å². The van der Waals surface area contributed by atoms with Crippen molar-refractivity contribution in [1.82, 2.24) is 5.32 Å². The molecule has 3 unspecified atom stereocenters. The third-order valence-corrected chi connectivity index (χ3v) is 14.1. The highest BCUT2D eigenvalue weighted by molar-refractivity contribution is 7.47. The Morgan fingerprint density at radius 2 is 0.818 bits per heavy atom. The van der Waals surface area contributed by atoms with Crippen molar-refractivity contribution in [3.63, 3.8) is 0 Å². The van der Waals surface area contributed by atoms with Gasteiger partial charge in [-0.05, 0) is 44.9 Å². The summed E-state index contributed by atoms with van der Waals surface area (Å²) in [6.07, 6.45) is 61.3. The van der Waals surface area contributed by atoms with E-state index in [1.54, 1.807) is 6.08 Å². The third kappa shape index (κ3) is 50.8. The summed E-state index contributed by atoms with van der Waals surface area (Å²) in [5.74, 6) is -0.176. The van der Waals surface area contributed by atoms with E-state index < -0.39 is 20.0 Å². The van der Waals surface area contributed by atoms with Crippen LogP contribution in [0.5, 0.6) is 0 Å². The first kappa shape index (κ1) is 65.0. The van der Waals surface area contributed by atoms with E-state index in [1.807, 2.05) is 27.2 Å². The van der Waals surface area contributed by atoms with Gasteiger partial charge in [-0.15, -0.1) is 0 Å². The average molecular weight is 955 g/mol. The van der Waals surface area contributed by atoms with Crippen LogP contribution >= 0.6 is 7.82 Å². The van der Waals surface area contributed by atoms with Gasteiger partial charge < -0.3 is 19.8 Å². The molecule has 392 valence electrons. The van der Waals surface area contributed by atoms with Crippen LogP contribution in [0.4, 0.5) is 0 Å². The van der Waals surface area contributed by atoms with Crippen molar-refractivity contribution in [2.75, 3.05) is 40.9 Å². The van der Waals surface area contributed by atoms with Gasteiger partial charge in [0.15, 0.2) is 0 Å². The molecule has 0 saturated carbocycles. The Labute approximate surface area is 411 Å². The zero-order valence-electron chi connectivity index (χ0n) is 44.7. The summed E-state index contributed by atoms with van der Waals surface area (Å²) in [6, 6.07) is -0.847. The molecular weight excluding hydrogens is 840 g/mol. The third-order valence-electron chi connectivity index (χ3n) is 13.2. The Kier molecular flexibility index (Phi) is 48.2. The maximum Gasteiger partial charge on any atom is 0.472 e. The molecule has 0 aromatic carbocycles. The first-order valence-electron chi connectivity index (χ1n) is 28.7. The largest absolute Gasteiger partial charge is 0.472 e. The molecule has 0 bridgehead atoms. The van der Waals surface area contributed by atoms with Crippen LogP contribution in [0.3, 0.4) is 0 Å². The Hall–Kier alpha value is -1.02. The second kappa shape index (κ2) is 49.0. The lowest BCUT2D eigenvalue weighted by molar-refractivity contribution is -0.870. The molecule has 8 nitrogen and oxygen atoms in total. The Balaban J connectivity index is 4.21. The van der Waals surface area contributed by atoms with E-state index in [2.05, 4.69) is 31.3 Å². The zero-order chi connectivity index (χ0) is 48.5. The molecule has 0 aliphatic heterocycles. The number of aliphatic hydroxyl groups excluding tert-OH is 1. The average Bonchev–Trinajstić information content (AvgIpc) is 3.28. The summed E-state index contributed by atoms with van der Waals surface area (Å²) < 4.78 is 23.7. The summed E-state index contributed by atoms with van der Waals surface area (Å²) in [4.78, 5) is 23.3. The summed E-state index contributed by atoms with van der Waals surface area (Å²) >= 11 is 0. The number of amides is 1. The maximum absolute atomic E-state index is 13.0. The Morgan fingerprint density at radius 1 is 0.500 bits per heavy atom. The monoisotopic (exact) mass is 954 g/mol. The van der Waals surface area contributed by atoms with Gasteiger partial charge in [0, 0.05) is 6.42 Å². The maximum atomic E-state index is 13.0. The molecule has 66 heavy (non-hydrogen) atoms. The van der Waals surface area contributed by atoms with Gasteiger partial charge in [-0.3, -0.25) is 13.8 Å². The van der Waals surface area contributed by atoms with Gasteiger partial charge in [-0.2, -0.15) is 0 Å². The molecule has 9 heteroatoms. The molecule has 0 fully saturated rings. The van der Waals surface area contributed by atoms with Crippen molar-refractivity contribution in [1.29, 1.82) is 0 Å². The number of nitrogens with zero attached hydrogens (tertiary/aromatic N) is 1. The first-order valence-corrected chi connectivity index (χ1v) is 30.2. The topological polar surface area (TPSA) is 105 Å². The van der Waals surface area contributed by atoms with Crippen molar-refractivity contribution < 1.29 is 32.9 Å². The Morgan fingerprint density at radius 3 is 1.17 bits per heavy atom. The number of hydrogen-bond donors (Lipinski definition) is 3. The lowest BCUT2D eigenvalue weighted by Gasteiger charge is -2.25. The molecule has 0 radical (unpaired) electrons. The van der Waals surface area contributed by atoms with Crippen LogP contribution in [0.25, 0.3) is 0 Å². The predicted molar refractivity (Wildman–Crippen MR) is 286 cm³/mol. The van der Waals surface area contributed by atoms with E-state index in [0.717, 1.165) is 38.5 Å². The quantitative estimate of drug-likeness (QED) is 0.0243. The van der Waals surface area contributed by atoms with Gasteiger partial charge in [0.25, 0.3) is 0 Å². The van der Waals surface area contributed by atoms with Gasteiger partial charge in [-0.25, -0.2) is 4.57 Å². The first-order chi connectivity index (χ1) is 32.0. The number of rotatable bonds is 53. The lowest BCUT2D eigenvalue weighted by atomic mass is 10.0. The molecular formula is C57H114N2O6P+. The molecule has 3 atom stereocenters. The second-order valence-corrected chi connectivity index (χ2v) is 22.5. The zero-order valence-corrected chi connectivity index (χ0v) is 45.6. The lowest BCUT2D eigenvalue weighted by Crippen LogP contribution is -2.45. The van der Waals surface area contributed by atoms with Crippen molar-refractivity contribution in [2.45, 2.75) is 296 Å². The smallest absolute Gasteiger partial charge is 0.387 e. The van der Waals surface area contributed by atoms with Gasteiger partial charge >= 0.3 is 7.82 Å². The van der Waals surface area contributed by atoms with Crippen LogP contribution in [-0.4, -0.2) is 73.4 Å². The number of carbonyl (C=O) groups excluding carboxylic acids is 1. The number of carbonyl (C=O) groups is 1. The van der Waals surface area contributed by atoms with Crippen LogP contribution in [-0.2, 0) is 18.4 Å². The molecule has 0 aliphatic carbocycles. The number of phosphoric acid groups is 1. The van der Waals surface area contributed by atoms with Crippen molar-refractivity contribution in [3.8, 4) is 0 Å². The molecule has 0 aromatic rings. The van der Waals surface area contributed by atoms with Crippen molar-refractivity contribution in [3.05, 3.63) is 24.3 Å². The van der Waals surface area contributed by atoms with E-state index in [-0.39, 0.29) is 19.1 Å². The standard InChI is InChI=1S/C57H113N2O6P/c1-6-8-10-12-14-16-18-20-22-24-26-28-29-30-31-33-35-37-39-41-43-45-47-49-51-57(61)58-55(54-65-66(62,63)64-53-52-59(3,4)5)56(60)50-48-46-44-42-40-38-36-34-32-27-25-23-21-19-17-15-13-11-9-7-2/h30-31,48,50,55-56,60H,6-29,32-47,49,51-54H2,1-5H3,(H-,58,61,62,63)/p+1/b31-30-,50-48+. The summed E-state index contributed by atoms with van der Waals surface area (Å²) in [7, 11) is 1.58. The van der Waals surface area contributed by atoms with E-state index in [0.29, 0.717) is 17.4 Å². The van der Waals surface area contributed by atoms with Gasteiger partial charge in [0.2, 0.25) is 5.91 Å². The number of likely N-dealkylation sites (N-methyl/N-ethyl adjacent to an activating group) is 1. The van der Waals surface area contributed by atoms with Crippen LogP contribution in [0, 0.1) is 0 Å². The highest BCUT2D eigenvalue weighted by Crippen LogP contribution is 2.43. The molecule has 0 aliphatic rings. The number of hydrogen-bond acceptors (Lipinski definition) is 5. The molecule has 0 rings (SSSR count). The molecule has 0 aromatic heterocycles. The predicted octanol–water partition coefficient (Wildman–Crippen LogP) is 17.2. The molecule has 0 saturated heterocycles. The molecule has 0 heterocycles. The second-order valence-electron chi connectivity index (χ2n) is 21.0. The number of allylic oxidation sites excluding steroid dienone is 3. The van der Waals surface area contributed by atoms with E-state index >= 15 is 0 Å². The van der Waals surface area contributed by atoms with E-state index in [4.69, 9.17) is 9.05 Å². The normalized spacial score (nSPS) is 14.1. The number of phosphoric ester groups is 1. The minimum atomic E-state index is -4.34. The van der Waals surface area contributed by atoms with Crippen LogP contribution in [0.15, 0.2) is 24.3 Å². The highest BCUT2D eigenvalue weighted by atomic mass is 31.2. The molecule has 0 spiro atoms. The fourth-order valence-electron chi connectivity index (χ4n) is 8.63. The Bertz CT molecular complexity index is 1130. The molecule has 3 N–H and O–H groups in total. The van der Waals surface area contributed by atoms with Crippen LogP contribution in [0.1, 0.15) is 284 Å². The van der Waals surface area contributed by atoms with Crippen molar-refractivity contribution >= 4 is 13.7 Å². The number of quaternary nitrogens is 1. The SMILES string of the molecule is CCCCCCCCCCCCCC/C=C\CCCCCCCCCCC(=O)NC(COP(=O)(O)OCC[N+](C)(C)C)C(O)/C=C/CCCCCCCCCCCCCCCCCCCC. The minimum absolute atomic E-state index is 0.0626. The fourth-order valence-corrected chi connectivity index (χ4v) is 9.36. The number of aliphatic hydroxyl groups is 1. The minimum Gasteiger partial charge on any atom is -0.387 e. The summed E-state index contributed by atoms with van der Waals surface area (Å²) in [5.41, 5.74) is 0. The molecule has 1 amide bonds. The van der Waals surface area contributed by atoms with E-state index in [1.165, 1.54) is 225 Å². The van der Waals surface area contributed by atoms with Gasteiger partial charge in [-0.1, -0.05) is 256 Å². The van der Waals surface area contributed by atoms with Crippen LogP contribution < -0.4 is 5.32 Å². The van der Waals surface area contributed by atoms with Crippen molar-refractivity contribution in [2.24, 2.45) is 0 Å². The van der Waals surface area contributed by atoms with E-state index in [9.17, 15) is 19.4 Å².